The molecule has 0 bridgehead atoms. The molecule has 1 unspecified atom stereocenters. The highest BCUT2D eigenvalue weighted by molar-refractivity contribution is 5.65. The Morgan fingerprint density at radius 1 is 1.60 bits per heavy atom. The lowest BCUT2D eigenvalue weighted by Crippen LogP contribution is -2.24. The number of phenols is 1. The van der Waals surface area contributed by atoms with Crippen LogP contribution in [0.3, 0.4) is 0 Å². The van der Waals surface area contributed by atoms with Gasteiger partial charge in [-0.3, -0.25) is 0 Å². The molecule has 0 aliphatic rings. The smallest absolute Gasteiger partial charge is 0.160 e. The number of rotatable bonds is 4. The first-order chi connectivity index (χ1) is 7.04. The number of carboxylic acid groups (broad SMARTS) is 1. The van der Waals surface area contributed by atoms with E-state index in [0.717, 1.165) is 0 Å². The summed E-state index contributed by atoms with van der Waals surface area (Å²) in [6.07, 6.45) is -1.65. The molecule has 5 heteroatoms. The van der Waals surface area contributed by atoms with Crippen LogP contribution in [0.5, 0.6) is 11.5 Å². The van der Waals surface area contributed by atoms with Crippen molar-refractivity contribution < 1.29 is 24.9 Å². The Labute approximate surface area is 86.5 Å². The van der Waals surface area contributed by atoms with E-state index in [1.54, 1.807) is 0 Å². The largest absolute Gasteiger partial charge is 0.550 e. The van der Waals surface area contributed by atoms with Crippen LogP contribution in [0.15, 0.2) is 18.2 Å². The van der Waals surface area contributed by atoms with Gasteiger partial charge in [0.1, 0.15) is 0 Å². The quantitative estimate of drug-likeness (QED) is 0.705. The molecule has 0 saturated carbocycles. The van der Waals surface area contributed by atoms with Crippen LogP contribution in [0.4, 0.5) is 0 Å². The molecule has 0 saturated heterocycles. The summed E-state index contributed by atoms with van der Waals surface area (Å²) in [5.41, 5.74) is 0.355. The topological polar surface area (TPSA) is 89.8 Å². The number of aliphatic hydroxyl groups excluding tert-OH is 1. The molecule has 0 aromatic heterocycles. The van der Waals surface area contributed by atoms with Gasteiger partial charge in [0.2, 0.25) is 0 Å². The second-order valence-corrected chi connectivity index (χ2v) is 3.02. The first-order valence-electron chi connectivity index (χ1n) is 4.29. The fraction of sp³-hybridized carbons (Fsp3) is 0.300. The van der Waals surface area contributed by atoms with Gasteiger partial charge in [0.15, 0.2) is 11.5 Å². The number of phenolic OH excluding ortho intramolecular Hbond substituents is 1. The lowest BCUT2D eigenvalue weighted by atomic mass is 10.1. The molecular formula is C10H11O5-. The number of carbonyl (C=O) groups is 1. The zero-order chi connectivity index (χ0) is 11.4. The van der Waals surface area contributed by atoms with Crippen molar-refractivity contribution in [3.05, 3.63) is 23.8 Å². The monoisotopic (exact) mass is 211 g/mol. The number of benzene rings is 1. The van der Waals surface area contributed by atoms with Crippen LogP contribution in [-0.4, -0.2) is 23.3 Å². The molecular weight excluding hydrogens is 200 g/mol. The Balaban J connectivity index is 2.90. The summed E-state index contributed by atoms with van der Waals surface area (Å²) >= 11 is 0. The SMILES string of the molecule is COc1cc(C(O)CC(=O)[O-])ccc1O. The van der Waals surface area contributed by atoms with Crippen molar-refractivity contribution in [2.45, 2.75) is 12.5 Å². The van der Waals surface area contributed by atoms with E-state index in [2.05, 4.69) is 0 Å². The van der Waals surface area contributed by atoms with Crippen molar-refractivity contribution in [3.8, 4) is 11.5 Å². The third-order valence-corrected chi connectivity index (χ3v) is 1.95. The van der Waals surface area contributed by atoms with Gasteiger partial charge in [-0.05, 0) is 17.7 Å². The predicted molar refractivity (Wildman–Crippen MR) is 49.2 cm³/mol. The van der Waals surface area contributed by atoms with Crippen LogP contribution in [0.1, 0.15) is 18.1 Å². The highest BCUT2D eigenvalue weighted by atomic mass is 16.5. The van der Waals surface area contributed by atoms with Crippen LogP contribution in [0, 0.1) is 0 Å². The molecule has 1 rings (SSSR count). The maximum Gasteiger partial charge on any atom is 0.160 e. The Bertz CT molecular complexity index is 361. The van der Waals surface area contributed by atoms with Crippen molar-refractivity contribution >= 4 is 5.97 Å². The molecule has 0 aliphatic heterocycles. The van der Waals surface area contributed by atoms with E-state index >= 15 is 0 Å². The van der Waals surface area contributed by atoms with Gasteiger partial charge >= 0.3 is 0 Å². The minimum atomic E-state index is -1.34. The summed E-state index contributed by atoms with van der Waals surface area (Å²) in [5.74, 6) is -1.22. The van der Waals surface area contributed by atoms with Crippen molar-refractivity contribution in [1.82, 2.24) is 0 Å². The van der Waals surface area contributed by atoms with Crippen LogP contribution < -0.4 is 9.84 Å². The van der Waals surface area contributed by atoms with E-state index in [0.29, 0.717) is 5.56 Å². The molecule has 1 atom stereocenters. The molecule has 0 aliphatic carbocycles. The van der Waals surface area contributed by atoms with Gasteiger partial charge in [-0.25, -0.2) is 0 Å². The Kier molecular flexibility index (Phi) is 3.51. The highest BCUT2D eigenvalue weighted by Gasteiger charge is 2.10. The number of carbonyl (C=O) groups excluding carboxylic acids is 1. The molecule has 0 spiro atoms. The third-order valence-electron chi connectivity index (χ3n) is 1.95. The second-order valence-electron chi connectivity index (χ2n) is 3.02. The van der Waals surface area contributed by atoms with Gasteiger partial charge in [0.25, 0.3) is 0 Å². The van der Waals surface area contributed by atoms with Gasteiger partial charge in [-0.15, -0.1) is 0 Å². The fourth-order valence-electron chi connectivity index (χ4n) is 1.18. The lowest BCUT2D eigenvalue weighted by molar-refractivity contribution is -0.307. The summed E-state index contributed by atoms with van der Waals surface area (Å²) in [5, 5.41) is 29.0. The molecule has 0 heterocycles. The lowest BCUT2D eigenvalue weighted by Gasteiger charge is -2.13. The van der Waals surface area contributed by atoms with Gasteiger partial charge in [0.05, 0.1) is 13.2 Å². The second kappa shape index (κ2) is 4.65. The van der Waals surface area contributed by atoms with Crippen LogP contribution >= 0.6 is 0 Å². The van der Waals surface area contributed by atoms with Crippen molar-refractivity contribution in [2.24, 2.45) is 0 Å². The minimum absolute atomic E-state index is 0.0677. The van der Waals surface area contributed by atoms with E-state index in [1.807, 2.05) is 0 Å². The predicted octanol–water partition coefficient (Wildman–Crippen LogP) is -0.426. The van der Waals surface area contributed by atoms with E-state index in [-0.39, 0.29) is 11.5 Å². The molecule has 0 fully saturated rings. The number of aliphatic carboxylic acids is 1. The van der Waals surface area contributed by atoms with E-state index < -0.39 is 18.5 Å². The molecule has 0 radical (unpaired) electrons. The maximum absolute atomic E-state index is 10.3. The number of aliphatic hydroxyl groups is 1. The highest BCUT2D eigenvalue weighted by Crippen LogP contribution is 2.29. The van der Waals surface area contributed by atoms with E-state index in [1.165, 1.54) is 25.3 Å². The first-order valence-corrected chi connectivity index (χ1v) is 4.29. The number of hydrogen-bond acceptors (Lipinski definition) is 5. The fourth-order valence-corrected chi connectivity index (χ4v) is 1.18. The average Bonchev–Trinajstić information content (AvgIpc) is 2.17. The van der Waals surface area contributed by atoms with Gasteiger partial charge in [0, 0.05) is 12.4 Å². The number of ether oxygens (including phenoxy) is 1. The van der Waals surface area contributed by atoms with Crippen LogP contribution in [0.2, 0.25) is 0 Å². The molecule has 1 aromatic carbocycles. The van der Waals surface area contributed by atoms with Gasteiger partial charge in [-0.1, -0.05) is 6.07 Å². The van der Waals surface area contributed by atoms with Crippen molar-refractivity contribution in [3.63, 3.8) is 0 Å². The van der Waals surface area contributed by atoms with E-state index in [4.69, 9.17) is 4.74 Å². The Morgan fingerprint density at radius 2 is 2.27 bits per heavy atom. The van der Waals surface area contributed by atoms with Gasteiger partial charge < -0.3 is 24.9 Å². The zero-order valence-corrected chi connectivity index (χ0v) is 8.14. The summed E-state index contributed by atoms with van der Waals surface area (Å²) in [6, 6.07) is 4.13. The summed E-state index contributed by atoms with van der Waals surface area (Å²) in [4.78, 5) is 10.3. The van der Waals surface area contributed by atoms with Crippen molar-refractivity contribution in [2.75, 3.05) is 7.11 Å². The van der Waals surface area contributed by atoms with Crippen molar-refractivity contribution in [1.29, 1.82) is 0 Å². The third kappa shape index (κ3) is 2.85. The molecule has 82 valence electrons. The summed E-state index contributed by atoms with van der Waals surface area (Å²) < 4.78 is 4.82. The van der Waals surface area contributed by atoms with Crippen LogP contribution in [-0.2, 0) is 4.79 Å². The molecule has 5 nitrogen and oxygen atoms in total. The summed E-state index contributed by atoms with van der Waals surface area (Å²) in [6.45, 7) is 0. The minimum Gasteiger partial charge on any atom is -0.550 e. The van der Waals surface area contributed by atoms with Crippen LogP contribution in [0.25, 0.3) is 0 Å². The Hall–Kier alpha value is -1.75. The Morgan fingerprint density at radius 3 is 2.80 bits per heavy atom. The molecule has 1 aromatic rings. The number of aromatic hydroxyl groups is 1. The number of methoxy groups -OCH3 is 1. The zero-order valence-electron chi connectivity index (χ0n) is 8.14. The number of carboxylic acids is 1. The van der Waals surface area contributed by atoms with E-state index in [9.17, 15) is 20.1 Å². The molecule has 15 heavy (non-hydrogen) atoms. The molecule has 2 N–H and O–H groups in total. The maximum atomic E-state index is 10.3. The average molecular weight is 211 g/mol. The number of hydrogen-bond donors (Lipinski definition) is 2. The molecule has 0 amide bonds. The normalized spacial score (nSPS) is 12.1. The first kappa shape index (κ1) is 11.3. The standard InChI is InChI=1S/C10H12O5/c1-15-9-4-6(2-3-7(9)11)8(12)5-10(13)14/h2-4,8,11-12H,5H2,1H3,(H,13,14)/p-1. The summed E-state index contributed by atoms with van der Waals surface area (Å²) in [7, 11) is 1.37. The van der Waals surface area contributed by atoms with Gasteiger partial charge in [-0.2, -0.15) is 0 Å².